The molecule has 0 saturated carbocycles. The summed E-state index contributed by atoms with van der Waals surface area (Å²) >= 11 is 1.39. The van der Waals surface area contributed by atoms with Crippen LogP contribution in [0.2, 0.25) is 0 Å². The van der Waals surface area contributed by atoms with Crippen LogP contribution >= 0.6 is 11.8 Å². The molecule has 0 aliphatic carbocycles. The molecule has 0 spiro atoms. The van der Waals surface area contributed by atoms with E-state index >= 15 is 0 Å². The van der Waals surface area contributed by atoms with Gasteiger partial charge in [-0.2, -0.15) is 0 Å². The second-order valence-electron chi connectivity index (χ2n) is 4.30. The number of nitrogens with zero attached hydrogens (tertiary/aromatic N) is 2. The van der Waals surface area contributed by atoms with E-state index in [9.17, 15) is 9.90 Å². The van der Waals surface area contributed by atoms with Gasteiger partial charge in [-0.1, -0.05) is 25.1 Å². The predicted octanol–water partition coefficient (Wildman–Crippen LogP) is 2.05. The molecule has 1 atom stereocenters. The zero-order valence-corrected chi connectivity index (χ0v) is 11.2. The number of hydrogen-bond acceptors (Lipinski definition) is 5. The lowest BCUT2D eigenvalue weighted by Gasteiger charge is -2.10. The molecule has 2 N–H and O–H groups in total. The summed E-state index contributed by atoms with van der Waals surface area (Å²) in [6, 6.07) is 7.31. The first-order chi connectivity index (χ1) is 9.13. The first-order valence-corrected chi connectivity index (χ1v) is 6.84. The minimum absolute atomic E-state index is 0.0335. The summed E-state index contributed by atoms with van der Waals surface area (Å²) in [6.45, 7) is 1.98. The van der Waals surface area contributed by atoms with Gasteiger partial charge in [0.1, 0.15) is 0 Å². The number of hydrogen-bond donors (Lipinski definition) is 2. The highest BCUT2D eigenvalue weighted by molar-refractivity contribution is 7.99. The SMILES string of the molecule is CC(CO)CSc1c(C(=O)O)nnc2ccccc12. The molecule has 2 rings (SSSR count). The molecule has 1 heterocycles. The summed E-state index contributed by atoms with van der Waals surface area (Å²) in [7, 11) is 0. The van der Waals surface area contributed by atoms with Crippen LogP contribution in [-0.4, -0.2) is 38.7 Å². The Balaban J connectivity index is 2.46. The number of rotatable bonds is 5. The normalized spacial score (nSPS) is 12.5. The Morgan fingerprint density at radius 3 is 2.79 bits per heavy atom. The summed E-state index contributed by atoms with van der Waals surface area (Å²) < 4.78 is 0. The molecule has 2 aromatic rings. The molecule has 19 heavy (non-hydrogen) atoms. The molecule has 100 valence electrons. The highest BCUT2D eigenvalue weighted by Gasteiger charge is 2.17. The smallest absolute Gasteiger partial charge is 0.357 e. The Hall–Kier alpha value is -1.66. The molecule has 1 unspecified atom stereocenters. The van der Waals surface area contributed by atoms with Crippen molar-refractivity contribution in [3.8, 4) is 0 Å². The van der Waals surface area contributed by atoms with Gasteiger partial charge in [-0.05, 0) is 12.0 Å². The maximum absolute atomic E-state index is 11.2. The van der Waals surface area contributed by atoms with Crippen molar-refractivity contribution in [1.82, 2.24) is 10.2 Å². The molecule has 5 nitrogen and oxygen atoms in total. The van der Waals surface area contributed by atoms with Gasteiger partial charge in [0.05, 0.1) is 10.4 Å². The number of aliphatic hydroxyl groups is 1. The molecule has 0 aliphatic rings. The Morgan fingerprint density at radius 1 is 1.37 bits per heavy atom. The van der Waals surface area contributed by atoms with Crippen molar-refractivity contribution in [3.05, 3.63) is 30.0 Å². The lowest BCUT2D eigenvalue weighted by Crippen LogP contribution is -2.08. The molecule has 0 aliphatic heterocycles. The minimum Gasteiger partial charge on any atom is -0.476 e. The third kappa shape index (κ3) is 3.02. The quantitative estimate of drug-likeness (QED) is 0.814. The van der Waals surface area contributed by atoms with Crippen LogP contribution in [0, 0.1) is 5.92 Å². The average Bonchev–Trinajstić information content (AvgIpc) is 2.43. The standard InChI is InChI=1S/C13H14N2O3S/c1-8(6-16)7-19-12-9-4-2-3-5-10(9)14-15-11(12)13(17)18/h2-5,8,16H,6-7H2,1H3,(H,17,18). The fourth-order valence-corrected chi connectivity index (χ4v) is 2.74. The van der Waals surface area contributed by atoms with E-state index in [1.165, 1.54) is 11.8 Å². The molecule has 0 radical (unpaired) electrons. The number of aliphatic hydroxyl groups excluding tert-OH is 1. The molecular weight excluding hydrogens is 264 g/mol. The first kappa shape index (κ1) is 13.8. The van der Waals surface area contributed by atoms with Crippen LogP contribution in [0.15, 0.2) is 29.2 Å². The van der Waals surface area contributed by atoms with Gasteiger partial charge in [0.2, 0.25) is 0 Å². The van der Waals surface area contributed by atoms with Crippen molar-refractivity contribution < 1.29 is 15.0 Å². The number of thioether (sulfide) groups is 1. The summed E-state index contributed by atoms with van der Waals surface area (Å²) in [5, 5.41) is 26.7. The minimum atomic E-state index is -1.09. The van der Waals surface area contributed by atoms with Crippen LogP contribution in [-0.2, 0) is 0 Å². The Labute approximate surface area is 114 Å². The summed E-state index contributed by atoms with van der Waals surface area (Å²) in [5.41, 5.74) is 0.639. The number of carboxylic acid groups (broad SMARTS) is 1. The Bertz CT molecular complexity index is 603. The van der Waals surface area contributed by atoms with Gasteiger partial charge in [-0.15, -0.1) is 22.0 Å². The van der Waals surface area contributed by atoms with Crippen molar-refractivity contribution in [2.24, 2.45) is 5.92 Å². The van der Waals surface area contributed by atoms with Crippen LogP contribution in [0.5, 0.6) is 0 Å². The van der Waals surface area contributed by atoms with Crippen LogP contribution in [0.3, 0.4) is 0 Å². The van der Waals surface area contributed by atoms with Gasteiger partial charge >= 0.3 is 5.97 Å². The molecule has 6 heteroatoms. The second kappa shape index (κ2) is 5.99. The predicted molar refractivity (Wildman–Crippen MR) is 73.5 cm³/mol. The van der Waals surface area contributed by atoms with E-state index in [2.05, 4.69) is 10.2 Å². The maximum atomic E-state index is 11.2. The summed E-state index contributed by atoms with van der Waals surface area (Å²) in [5.74, 6) is -0.358. The molecule has 0 amide bonds. The second-order valence-corrected chi connectivity index (χ2v) is 5.33. The Kier molecular flexibility index (Phi) is 4.34. The fourth-order valence-electron chi connectivity index (χ4n) is 1.59. The van der Waals surface area contributed by atoms with E-state index in [4.69, 9.17) is 5.11 Å². The lowest BCUT2D eigenvalue weighted by atomic mass is 10.2. The van der Waals surface area contributed by atoms with Gasteiger partial charge < -0.3 is 10.2 Å². The third-order valence-electron chi connectivity index (χ3n) is 2.65. The highest BCUT2D eigenvalue weighted by atomic mass is 32.2. The zero-order chi connectivity index (χ0) is 13.8. The molecule has 0 bridgehead atoms. The van der Waals surface area contributed by atoms with Crippen molar-refractivity contribution in [2.75, 3.05) is 12.4 Å². The number of aromatic carboxylic acids is 1. The van der Waals surface area contributed by atoms with Gasteiger partial charge in [0.25, 0.3) is 0 Å². The molecular formula is C13H14N2O3S. The third-order valence-corrected chi connectivity index (χ3v) is 4.09. The summed E-state index contributed by atoms with van der Waals surface area (Å²) in [4.78, 5) is 11.8. The van der Waals surface area contributed by atoms with E-state index in [0.717, 1.165) is 5.39 Å². The van der Waals surface area contributed by atoms with E-state index in [1.807, 2.05) is 25.1 Å². The van der Waals surface area contributed by atoms with Crippen LogP contribution in [0.4, 0.5) is 0 Å². The van der Waals surface area contributed by atoms with Gasteiger partial charge in [0, 0.05) is 17.7 Å². The topological polar surface area (TPSA) is 83.3 Å². The largest absolute Gasteiger partial charge is 0.476 e. The van der Waals surface area contributed by atoms with Crippen molar-refractivity contribution in [1.29, 1.82) is 0 Å². The van der Waals surface area contributed by atoms with E-state index in [-0.39, 0.29) is 18.2 Å². The number of fused-ring (bicyclic) bond motifs is 1. The number of carbonyl (C=O) groups is 1. The van der Waals surface area contributed by atoms with Crippen molar-refractivity contribution in [2.45, 2.75) is 11.8 Å². The molecule has 1 aromatic heterocycles. The molecule has 1 aromatic carbocycles. The first-order valence-electron chi connectivity index (χ1n) is 5.86. The van der Waals surface area contributed by atoms with E-state index < -0.39 is 5.97 Å². The van der Waals surface area contributed by atoms with Gasteiger partial charge in [-0.25, -0.2) is 4.79 Å². The van der Waals surface area contributed by atoms with Gasteiger partial charge in [-0.3, -0.25) is 0 Å². The van der Waals surface area contributed by atoms with Crippen molar-refractivity contribution >= 4 is 28.6 Å². The van der Waals surface area contributed by atoms with Gasteiger partial charge in [0.15, 0.2) is 5.69 Å². The maximum Gasteiger partial charge on any atom is 0.357 e. The lowest BCUT2D eigenvalue weighted by molar-refractivity contribution is 0.0685. The Morgan fingerprint density at radius 2 is 2.11 bits per heavy atom. The van der Waals surface area contributed by atoms with Crippen LogP contribution in [0.25, 0.3) is 10.9 Å². The summed E-state index contributed by atoms with van der Waals surface area (Å²) in [6.07, 6.45) is 0. The molecule has 0 saturated heterocycles. The number of carboxylic acids is 1. The number of aromatic nitrogens is 2. The average molecular weight is 278 g/mol. The monoisotopic (exact) mass is 278 g/mol. The van der Waals surface area contributed by atoms with Crippen LogP contribution in [0.1, 0.15) is 17.4 Å². The highest BCUT2D eigenvalue weighted by Crippen LogP contribution is 2.30. The number of benzene rings is 1. The fraction of sp³-hybridized carbons (Fsp3) is 0.308. The molecule has 0 fully saturated rings. The van der Waals surface area contributed by atoms with E-state index in [0.29, 0.717) is 16.2 Å². The zero-order valence-electron chi connectivity index (χ0n) is 10.4. The van der Waals surface area contributed by atoms with E-state index in [1.54, 1.807) is 6.07 Å². The van der Waals surface area contributed by atoms with Crippen LogP contribution < -0.4 is 0 Å². The van der Waals surface area contributed by atoms with Crippen molar-refractivity contribution in [3.63, 3.8) is 0 Å².